The van der Waals surface area contributed by atoms with Crippen LogP contribution in [0.15, 0.2) is 11.6 Å². The Hall–Kier alpha value is -2.08. The summed E-state index contributed by atoms with van der Waals surface area (Å²) in [4.78, 5) is 27.6. The van der Waals surface area contributed by atoms with Gasteiger partial charge in [0.15, 0.2) is 25.0 Å². The van der Waals surface area contributed by atoms with E-state index in [1.165, 1.54) is 12.5 Å². The van der Waals surface area contributed by atoms with E-state index in [2.05, 4.69) is 54.5 Å². The first-order chi connectivity index (χ1) is 35.9. The van der Waals surface area contributed by atoms with Gasteiger partial charge in [-0.3, -0.25) is 4.79 Å². The highest BCUT2D eigenvalue weighted by atomic mass is 16.8. The van der Waals surface area contributed by atoms with Crippen LogP contribution in [-0.4, -0.2) is 220 Å². The van der Waals surface area contributed by atoms with E-state index in [9.17, 15) is 76.0 Å². The van der Waals surface area contributed by atoms with Crippen molar-refractivity contribution in [3.63, 3.8) is 0 Å². The predicted molar refractivity (Wildman–Crippen MR) is 262 cm³/mol. The van der Waals surface area contributed by atoms with Gasteiger partial charge in [-0.1, -0.05) is 60.1 Å². The number of carbonyl (C=O) groups is 2. The first-order valence-electron chi connectivity index (χ1n) is 27.7. The quantitative estimate of drug-likeness (QED) is 0.0676. The van der Waals surface area contributed by atoms with Gasteiger partial charge in [0.2, 0.25) is 6.29 Å². The van der Waals surface area contributed by atoms with Gasteiger partial charge in [-0.2, -0.15) is 0 Å². The van der Waals surface area contributed by atoms with Crippen LogP contribution in [0.4, 0.5) is 0 Å². The minimum atomic E-state index is -2.03. The predicted octanol–water partition coefficient (Wildman–Crippen LogP) is -0.915. The zero-order valence-electron chi connectivity index (χ0n) is 45.3. The molecule has 4 aliphatic heterocycles. The Bertz CT molecular complexity index is 2180. The van der Waals surface area contributed by atoms with Gasteiger partial charge < -0.3 is 104 Å². The number of aliphatic hydroxyl groups excluding tert-OH is 12. The molecule has 0 aromatic heterocycles. The average molecular weight is 1100 g/mol. The van der Waals surface area contributed by atoms with E-state index >= 15 is 0 Å². The lowest BCUT2D eigenvalue weighted by Crippen LogP contribution is -2.67. The number of hydrogen-bond donors (Lipinski definition) is 13. The van der Waals surface area contributed by atoms with Crippen LogP contribution in [-0.2, 0) is 47.5 Å². The maximum atomic E-state index is 14.7. The minimum Gasteiger partial charge on any atom is -0.479 e. The third kappa shape index (κ3) is 9.66. The molecule has 23 nitrogen and oxygen atoms in total. The van der Waals surface area contributed by atoms with Crippen molar-refractivity contribution < 1.29 is 114 Å². The van der Waals surface area contributed by atoms with Crippen LogP contribution in [0.1, 0.15) is 120 Å². The SMILES string of the molecule is C[C@@H]1O[C@@H](O[C@@H]2[C@H](O)[C@@H](O)[C@@H](O[C@@H]3[C@@H](O)[C@H](O)[C@H](O[C@@H]4CC[C@@]5(C)[C@H]6CC=C7[C@H]8CC(C)(C)CC[C@]8(C(=O)O[C@H]8O[C@@H](CO)[C@H](O)[C@H](O)[C@@H]8O)CC[C@]7(C)[C@@]6(C)CC[C@H]5C4(C)C)O[C@@H]3C(=O)O)O[C@H]2CO)[C@@H](O)[C@H](O)[C@@H]1O. The van der Waals surface area contributed by atoms with Crippen molar-refractivity contribution in [1.29, 1.82) is 0 Å². The first kappa shape index (κ1) is 59.5. The van der Waals surface area contributed by atoms with Crippen LogP contribution in [0.5, 0.6) is 0 Å². The van der Waals surface area contributed by atoms with Crippen molar-refractivity contribution in [2.24, 2.45) is 50.2 Å². The van der Waals surface area contributed by atoms with Gasteiger partial charge in [0.25, 0.3) is 0 Å². The number of aliphatic carboxylic acids is 1. The van der Waals surface area contributed by atoms with E-state index in [4.69, 9.17) is 37.9 Å². The third-order valence-corrected chi connectivity index (χ3v) is 21.4. The molecule has 8 fully saturated rings. The molecule has 23 heteroatoms. The zero-order valence-corrected chi connectivity index (χ0v) is 45.3. The lowest BCUT2D eigenvalue weighted by molar-refractivity contribution is -0.379. The molecular weight excluding hydrogens is 1020 g/mol. The Morgan fingerprint density at radius 1 is 0.584 bits per heavy atom. The highest BCUT2D eigenvalue weighted by Gasteiger charge is 2.70. The highest BCUT2D eigenvalue weighted by molar-refractivity contribution is 5.79. The van der Waals surface area contributed by atoms with E-state index in [0.29, 0.717) is 32.1 Å². The molecule has 0 bridgehead atoms. The summed E-state index contributed by atoms with van der Waals surface area (Å²) >= 11 is 0. The molecule has 0 radical (unpaired) electrons. The summed E-state index contributed by atoms with van der Waals surface area (Å²) in [6.45, 7) is 15.6. The Morgan fingerprint density at radius 3 is 1.79 bits per heavy atom. The molecule has 0 amide bonds. The number of ether oxygens (including phenoxy) is 8. The second-order valence-corrected chi connectivity index (χ2v) is 26.3. The fraction of sp³-hybridized carbons (Fsp3) is 0.926. The molecule has 9 aliphatic rings. The molecule has 77 heavy (non-hydrogen) atoms. The van der Waals surface area contributed by atoms with Gasteiger partial charge in [-0.25, -0.2) is 4.79 Å². The van der Waals surface area contributed by atoms with E-state index in [0.717, 1.165) is 32.1 Å². The van der Waals surface area contributed by atoms with E-state index in [-0.39, 0.29) is 39.4 Å². The largest absolute Gasteiger partial charge is 0.479 e. The fourth-order valence-electron chi connectivity index (χ4n) is 16.4. The molecule has 0 unspecified atom stereocenters. The van der Waals surface area contributed by atoms with E-state index in [1.807, 2.05) is 0 Å². The summed E-state index contributed by atoms with van der Waals surface area (Å²) in [5, 5.41) is 139. The van der Waals surface area contributed by atoms with Crippen LogP contribution >= 0.6 is 0 Å². The van der Waals surface area contributed by atoms with Crippen LogP contribution in [0.25, 0.3) is 0 Å². The molecule has 13 N–H and O–H groups in total. The second kappa shape index (κ2) is 21.3. The van der Waals surface area contributed by atoms with Crippen molar-refractivity contribution in [3.8, 4) is 0 Å². The van der Waals surface area contributed by atoms with E-state index in [1.54, 1.807) is 0 Å². The Morgan fingerprint density at radius 2 is 1.14 bits per heavy atom. The van der Waals surface area contributed by atoms with Crippen molar-refractivity contribution in [2.45, 2.75) is 249 Å². The summed E-state index contributed by atoms with van der Waals surface area (Å²) < 4.78 is 46.8. The van der Waals surface area contributed by atoms with Gasteiger partial charge in [0.05, 0.1) is 30.8 Å². The Balaban J connectivity index is 0.890. The number of carboxylic acids is 1. The lowest BCUT2D eigenvalue weighted by atomic mass is 9.33. The number of carboxylic acid groups (broad SMARTS) is 1. The summed E-state index contributed by atoms with van der Waals surface area (Å²) in [6.07, 6.45) is -25.2. The van der Waals surface area contributed by atoms with Crippen LogP contribution in [0.2, 0.25) is 0 Å². The van der Waals surface area contributed by atoms with Crippen LogP contribution in [0.3, 0.4) is 0 Å². The van der Waals surface area contributed by atoms with Crippen molar-refractivity contribution >= 4 is 11.9 Å². The van der Waals surface area contributed by atoms with Crippen molar-refractivity contribution in [3.05, 3.63) is 11.6 Å². The maximum absolute atomic E-state index is 14.7. The van der Waals surface area contributed by atoms with Crippen LogP contribution < -0.4 is 0 Å². The third-order valence-electron chi connectivity index (χ3n) is 21.4. The molecule has 5 aliphatic carbocycles. The second-order valence-electron chi connectivity index (χ2n) is 26.3. The molecule has 0 aromatic rings. The van der Waals surface area contributed by atoms with Gasteiger partial charge in [-0.05, 0) is 116 Å². The Kier molecular flexibility index (Phi) is 16.5. The van der Waals surface area contributed by atoms with Crippen LogP contribution in [0, 0.1) is 50.2 Å². The fourth-order valence-corrected chi connectivity index (χ4v) is 16.4. The molecule has 9 rings (SSSR count). The normalized spacial score (nSPS) is 53.4. The molecule has 0 aromatic carbocycles. The number of carbonyl (C=O) groups excluding carboxylic acids is 1. The number of rotatable bonds is 11. The summed E-state index contributed by atoms with van der Waals surface area (Å²) in [5.74, 6) is -2.05. The number of esters is 1. The first-order valence-corrected chi connectivity index (χ1v) is 27.7. The molecule has 4 saturated heterocycles. The number of allylic oxidation sites excluding steroid dienone is 2. The Labute approximate surface area is 448 Å². The van der Waals surface area contributed by atoms with Gasteiger partial charge >= 0.3 is 11.9 Å². The number of hydrogen-bond acceptors (Lipinski definition) is 22. The van der Waals surface area contributed by atoms with Crippen molar-refractivity contribution in [2.75, 3.05) is 13.2 Å². The summed E-state index contributed by atoms with van der Waals surface area (Å²) in [5.41, 5.74) is -1.13. The molecule has 4 saturated carbocycles. The monoisotopic (exact) mass is 1100 g/mol. The van der Waals surface area contributed by atoms with E-state index < -0.39 is 165 Å². The summed E-state index contributed by atoms with van der Waals surface area (Å²) in [7, 11) is 0. The maximum Gasteiger partial charge on any atom is 0.335 e. The van der Waals surface area contributed by atoms with Gasteiger partial charge in [0.1, 0.15) is 85.5 Å². The minimum absolute atomic E-state index is 0.0730. The topological polar surface area (TPSA) is 371 Å². The van der Waals surface area contributed by atoms with Gasteiger partial charge in [-0.15, -0.1) is 0 Å². The highest BCUT2D eigenvalue weighted by Crippen LogP contribution is 2.76. The average Bonchev–Trinajstić information content (AvgIpc) is 3.37. The van der Waals surface area contributed by atoms with Crippen molar-refractivity contribution in [1.82, 2.24) is 0 Å². The smallest absolute Gasteiger partial charge is 0.335 e. The molecular formula is C54H86O23. The van der Waals surface area contributed by atoms with Gasteiger partial charge in [0, 0.05) is 0 Å². The molecule has 440 valence electrons. The standard InChI is InChI=1S/C54H86O23/c1-22-30(57)32(59)36(63)44(70-22)74-40-26(21-56)72-45(38(65)34(40)61)75-41-35(62)39(66)47(76-42(41)43(67)68)73-29-12-13-51(6)27(50(29,4)5)11-14-53(8)28(51)10-9-23-24-19-49(2,3)15-17-54(24,18-16-52(23,53)7)48(69)77-46-37(64)33(60)31(58)25(20-55)71-46/h9,22,24-42,44-47,55-66H,10-21H2,1-8H3,(H,67,68)/t22-,24+,25-,26-,27-,28+,29+,30+,31-,32+,33-,34+,35-,36-,37-,38+,39-,40-,41+,42-,44-,45+,46+,47+,51+,52-,53-,54-/m0/s1. The molecule has 4 heterocycles. The lowest BCUT2D eigenvalue weighted by Gasteiger charge is -2.71. The zero-order chi connectivity index (χ0) is 56.4. The molecule has 28 atom stereocenters. The summed E-state index contributed by atoms with van der Waals surface area (Å²) in [6, 6.07) is 0. The number of aliphatic hydroxyl groups is 12. The molecule has 0 spiro atoms. The number of fused-ring (bicyclic) bond motifs is 7.